The van der Waals surface area contributed by atoms with Crippen molar-refractivity contribution in [1.29, 1.82) is 0 Å². The SMILES string of the molecule is CCN(CC)c1ccc(C=NNC(=O)CSc2nnc(-c3ccc(OC)c(OC)c3)n2CC)c(O)c1. The molecule has 2 aromatic carbocycles. The Labute approximate surface area is 215 Å². The Balaban J connectivity index is 1.62. The van der Waals surface area contributed by atoms with Gasteiger partial charge in [0, 0.05) is 42.5 Å². The van der Waals surface area contributed by atoms with Crippen LogP contribution in [0.2, 0.25) is 0 Å². The lowest BCUT2D eigenvalue weighted by Gasteiger charge is -2.21. The first-order valence-corrected chi connectivity index (χ1v) is 12.6. The van der Waals surface area contributed by atoms with E-state index in [4.69, 9.17) is 9.47 Å². The molecule has 1 heterocycles. The van der Waals surface area contributed by atoms with Gasteiger partial charge in [0.15, 0.2) is 22.5 Å². The Morgan fingerprint density at radius 2 is 1.86 bits per heavy atom. The molecule has 0 saturated heterocycles. The Hall–Kier alpha value is -3.73. The van der Waals surface area contributed by atoms with Crippen LogP contribution >= 0.6 is 11.8 Å². The van der Waals surface area contributed by atoms with Crippen LogP contribution in [0.3, 0.4) is 0 Å². The van der Waals surface area contributed by atoms with E-state index < -0.39 is 0 Å². The highest BCUT2D eigenvalue weighted by Crippen LogP contribution is 2.32. The summed E-state index contributed by atoms with van der Waals surface area (Å²) in [5, 5.41) is 23.5. The molecule has 3 rings (SSSR count). The number of ether oxygens (including phenoxy) is 2. The van der Waals surface area contributed by atoms with Crippen molar-refractivity contribution in [2.24, 2.45) is 5.10 Å². The van der Waals surface area contributed by atoms with Crippen LogP contribution in [0.1, 0.15) is 26.3 Å². The number of hydrogen-bond acceptors (Lipinski definition) is 9. The molecule has 0 radical (unpaired) electrons. The number of carbonyl (C=O) groups is 1. The van der Waals surface area contributed by atoms with E-state index >= 15 is 0 Å². The van der Waals surface area contributed by atoms with Gasteiger partial charge in [-0.25, -0.2) is 5.43 Å². The van der Waals surface area contributed by atoms with E-state index in [1.165, 1.54) is 18.0 Å². The van der Waals surface area contributed by atoms with Crippen molar-refractivity contribution in [3.63, 3.8) is 0 Å². The lowest BCUT2D eigenvalue weighted by Crippen LogP contribution is -2.21. The van der Waals surface area contributed by atoms with Gasteiger partial charge in [0.05, 0.1) is 26.2 Å². The second kappa shape index (κ2) is 12.8. The Bertz CT molecular complexity index is 1210. The van der Waals surface area contributed by atoms with Crippen molar-refractivity contribution in [2.75, 3.05) is 38.0 Å². The summed E-state index contributed by atoms with van der Waals surface area (Å²) in [7, 11) is 3.17. The Morgan fingerprint density at radius 1 is 1.11 bits per heavy atom. The van der Waals surface area contributed by atoms with Crippen LogP contribution in [0.15, 0.2) is 46.7 Å². The van der Waals surface area contributed by atoms with Gasteiger partial charge in [-0.05, 0) is 51.1 Å². The van der Waals surface area contributed by atoms with Gasteiger partial charge >= 0.3 is 0 Å². The van der Waals surface area contributed by atoms with Gasteiger partial charge in [-0.1, -0.05) is 11.8 Å². The largest absolute Gasteiger partial charge is 0.507 e. The van der Waals surface area contributed by atoms with Crippen LogP contribution in [-0.4, -0.2) is 65.1 Å². The summed E-state index contributed by atoms with van der Waals surface area (Å²) in [5.74, 6) is 1.81. The second-order valence-corrected chi connectivity index (χ2v) is 8.56. The zero-order valence-electron chi connectivity index (χ0n) is 21.2. The summed E-state index contributed by atoms with van der Waals surface area (Å²) >= 11 is 1.26. The molecule has 2 N–H and O–H groups in total. The van der Waals surface area contributed by atoms with E-state index in [1.54, 1.807) is 26.4 Å². The van der Waals surface area contributed by atoms with Crippen LogP contribution in [0.25, 0.3) is 11.4 Å². The van der Waals surface area contributed by atoms with Gasteiger partial charge in [-0.2, -0.15) is 5.10 Å². The molecule has 0 aliphatic rings. The van der Waals surface area contributed by atoms with Crippen molar-refractivity contribution in [2.45, 2.75) is 32.5 Å². The maximum Gasteiger partial charge on any atom is 0.250 e. The predicted octanol–water partition coefficient (Wildman–Crippen LogP) is 3.78. The summed E-state index contributed by atoms with van der Waals surface area (Å²) in [6.07, 6.45) is 1.42. The maximum atomic E-state index is 12.3. The standard InChI is InChI=1S/C25H32N6O4S/c1-6-30(7-2)19-11-9-18(20(32)14-19)15-26-27-23(33)16-36-25-29-28-24(31(25)8-3)17-10-12-21(34-4)22(13-17)35-5/h9-15,32H,6-8,16H2,1-5H3,(H,27,33). The van der Waals surface area contributed by atoms with Crippen LogP contribution in [0.5, 0.6) is 17.2 Å². The van der Waals surface area contributed by atoms with E-state index in [1.807, 2.05) is 35.8 Å². The van der Waals surface area contributed by atoms with Gasteiger partial charge in [0.2, 0.25) is 0 Å². The highest BCUT2D eigenvalue weighted by molar-refractivity contribution is 7.99. The molecular formula is C25H32N6O4S. The molecule has 0 bridgehead atoms. The molecule has 1 aromatic heterocycles. The monoisotopic (exact) mass is 512 g/mol. The molecule has 10 nitrogen and oxygen atoms in total. The average molecular weight is 513 g/mol. The number of nitrogens with zero attached hydrogens (tertiary/aromatic N) is 5. The number of hydrazone groups is 1. The fraction of sp³-hybridized carbons (Fsp3) is 0.360. The molecule has 3 aromatic rings. The predicted molar refractivity (Wildman–Crippen MR) is 142 cm³/mol. The van der Waals surface area contributed by atoms with Crippen LogP contribution < -0.4 is 19.8 Å². The fourth-order valence-corrected chi connectivity index (χ4v) is 4.43. The molecule has 36 heavy (non-hydrogen) atoms. The number of hydrogen-bond donors (Lipinski definition) is 2. The van der Waals surface area contributed by atoms with Crippen molar-refractivity contribution in [3.8, 4) is 28.6 Å². The summed E-state index contributed by atoms with van der Waals surface area (Å²) in [4.78, 5) is 14.5. The van der Waals surface area contributed by atoms with Gasteiger partial charge in [-0.15, -0.1) is 10.2 Å². The summed E-state index contributed by atoms with van der Waals surface area (Å²) in [6.45, 7) is 8.42. The molecule has 192 valence electrons. The van der Waals surface area contributed by atoms with E-state index in [2.05, 4.69) is 39.5 Å². The summed E-state index contributed by atoms with van der Waals surface area (Å²) < 4.78 is 12.6. The molecule has 0 unspecified atom stereocenters. The van der Waals surface area contributed by atoms with Crippen LogP contribution in [0, 0.1) is 0 Å². The lowest BCUT2D eigenvalue weighted by molar-refractivity contribution is -0.118. The van der Waals surface area contributed by atoms with E-state index in [0.717, 1.165) is 24.3 Å². The normalized spacial score (nSPS) is 11.0. The number of anilines is 1. The van der Waals surface area contributed by atoms with Crippen molar-refractivity contribution >= 4 is 29.6 Å². The Kier molecular flexibility index (Phi) is 9.57. The molecule has 0 spiro atoms. The van der Waals surface area contributed by atoms with Gasteiger partial charge in [-0.3, -0.25) is 4.79 Å². The number of amides is 1. The third kappa shape index (κ3) is 6.28. The van der Waals surface area contributed by atoms with E-state index in [-0.39, 0.29) is 17.4 Å². The zero-order valence-corrected chi connectivity index (χ0v) is 22.0. The minimum Gasteiger partial charge on any atom is -0.507 e. The van der Waals surface area contributed by atoms with Gasteiger partial charge < -0.3 is 24.0 Å². The number of methoxy groups -OCH3 is 2. The lowest BCUT2D eigenvalue weighted by atomic mass is 10.2. The molecule has 0 atom stereocenters. The molecule has 1 amide bonds. The second-order valence-electron chi connectivity index (χ2n) is 7.62. The van der Waals surface area contributed by atoms with Gasteiger partial charge in [0.1, 0.15) is 5.75 Å². The van der Waals surface area contributed by atoms with Crippen molar-refractivity contribution < 1.29 is 19.4 Å². The van der Waals surface area contributed by atoms with E-state index in [9.17, 15) is 9.90 Å². The fourth-order valence-electron chi connectivity index (χ4n) is 3.63. The van der Waals surface area contributed by atoms with Crippen molar-refractivity contribution in [1.82, 2.24) is 20.2 Å². The number of thioether (sulfide) groups is 1. The number of aromatic hydroxyl groups is 1. The highest BCUT2D eigenvalue weighted by atomic mass is 32.2. The molecule has 0 fully saturated rings. The first-order valence-electron chi connectivity index (χ1n) is 11.6. The number of carbonyl (C=O) groups excluding carboxylic acids is 1. The molecular weight excluding hydrogens is 480 g/mol. The summed E-state index contributed by atoms with van der Waals surface area (Å²) in [6, 6.07) is 10.9. The van der Waals surface area contributed by atoms with Crippen LogP contribution in [0.4, 0.5) is 5.69 Å². The molecule has 0 aliphatic heterocycles. The molecule has 0 aliphatic carbocycles. The average Bonchev–Trinajstić information content (AvgIpc) is 3.31. The number of benzene rings is 2. The zero-order chi connectivity index (χ0) is 26.1. The third-order valence-corrected chi connectivity index (χ3v) is 6.51. The minimum absolute atomic E-state index is 0.102. The molecule has 0 saturated carbocycles. The smallest absolute Gasteiger partial charge is 0.250 e. The first-order chi connectivity index (χ1) is 17.4. The van der Waals surface area contributed by atoms with Crippen LogP contribution in [-0.2, 0) is 11.3 Å². The third-order valence-electron chi connectivity index (χ3n) is 5.54. The number of nitrogens with one attached hydrogen (secondary N) is 1. The summed E-state index contributed by atoms with van der Waals surface area (Å²) in [5.41, 5.74) is 4.77. The molecule has 11 heteroatoms. The number of rotatable bonds is 12. The highest BCUT2D eigenvalue weighted by Gasteiger charge is 2.16. The topological polar surface area (TPSA) is 114 Å². The minimum atomic E-state index is -0.297. The number of phenolic OH excluding ortho intramolecular Hbond substituents is 1. The maximum absolute atomic E-state index is 12.3. The number of phenols is 1. The quantitative estimate of drug-likeness (QED) is 0.214. The van der Waals surface area contributed by atoms with Crippen molar-refractivity contribution in [3.05, 3.63) is 42.0 Å². The first kappa shape index (κ1) is 26.9. The Morgan fingerprint density at radius 3 is 2.50 bits per heavy atom. The van der Waals surface area contributed by atoms with E-state index in [0.29, 0.717) is 34.6 Å². The number of aromatic nitrogens is 3. The van der Waals surface area contributed by atoms with Gasteiger partial charge in [0.25, 0.3) is 5.91 Å².